The molecule has 0 aliphatic carbocycles. The molecule has 1 N–H and O–H groups in total. The number of carbonyl (C=O) groups excluding carboxylic acids is 2. The lowest BCUT2D eigenvalue weighted by atomic mass is 10.1. The second kappa shape index (κ2) is 12.2. The highest BCUT2D eigenvalue weighted by atomic mass is 35.5. The van der Waals surface area contributed by atoms with Gasteiger partial charge in [-0.2, -0.15) is 0 Å². The third-order valence-electron chi connectivity index (χ3n) is 5.79. The van der Waals surface area contributed by atoms with Gasteiger partial charge in [-0.25, -0.2) is 8.42 Å². The van der Waals surface area contributed by atoms with Gasteiger partial charge in [-0.1, -0.05) is 49.2 Å². The van der Waals surface area contributed by atoms with Crippen molar-refractivity contribution < 1.29 is 18.0 Å². The van der Waals surface area contributed by atoms with Crippen molar-refractivity contribution in [3.8, 4) is 0 Å². The van der Waals surface area contributed by atoms with Crippen LogP contribution in [0.2, 0.25) is 5.02 Å². The molecule has 0 fully saturated rings. The molecule has 0 unspecified atom stereocenters. The van der Waals surface area contributed by atoms with Crippen LogP contribution in [0.1, 0.15) is 43.4 Å². The summed E-state index contributed by atoms with van der Waals surface area (Å²) in [7, 11) is -3.76. The topological polar surface area (TPSA) is 86.8 Å². The number of halogens is 1. The number of aryl methyl sites for hydroxylation is 1. The summed E-state index contributed by atoms with van der Waals surface area (Å²) in [6.07, 6.45) is 2.84. The van der Waals surface area contributed by atoms with Gasteiger partial charge < -0.3 is 10.2 Å². The molecule has 2 rings (SSSR count). The SMILES string of the molecule is CCCCNC(=O)[C@H](C)N(Cc1ccc(Cl)cc1)C(=O)CN(c1cccc(C)c1C)S(C)(=O)=O. The van der Waals surface area contributed by atoms with Crippen molar-refractivity contribution in [3.05, 3.63) is 64.2 Å². The van der Waals surface area contributed by atoms with Crippen molar-refractivity contribution in [2.45, 2.75) is 53.1 Å². The first kappa shape index (κ1) is 27.7. The lowest BCUT2D eigenvalue weighted by Gasteiger charge is -2.32. The molecule has 0 aromatic heterocycles. The molecule has 9 heteroatoms. The van der Waals surface area contributed by atoms with Crippen LogP contribution in [-0.2, 0) is 26.2 Å². The molecule has 34 heavy (non-hydrogen) atoms. The maximum absolute atomic E-state index is 13.5. The van der Waals surface area contributed by atoms with Gasteiger partial charge in [-0.15, -0.1) is 0 Å². The quantitative estimate of drug-likeness (QED) is 0.465. The van der Waals surface area contributed by atoms with Crippen molar-refractivity contribution in [1.82, 2.24) is 10.2 Å². The van der Waals surface area contributed by atoms with Crippen LogP contribution in [0.3, 0.4) is 0 Å². The van der Waals surface area contributed by atoms with E-state index < -0.39 is 28.5 Å². The van der Waals surface area contributed by atoms with Crippen LogP contribution in [0.4, 0.5) is 5.69 Å². The molecule has 7 nitrogen and oxygen atoms in total. The van der Waals surface area contributed by atoms with E-state index in [1.54, 1.807) is 43.3 Å². The lowest BCUT2D eigenvalue weighted by molar-refractivity contribution is -0.139. The summed E-state index contributed by atoms with van der Waals surface area (Å²) in [5.41, 5.74) is 2.92. The number of sulfonamides is 1. The Balaban J connectivity index is 2.38. The van der Waals surface area contributed by atoms with E-state index in [2.05, 4.69) is 5.32 Å². The molecule has 0 aliphatic rings. The van der Waals surface area contributed by atoms with E-state index in [0.717, 1.165) is 40.1 Å². The number of unbranched alkanes of at least 4 members (excludes halogenated alkanes) is 1. The molecule has 0 spiro atoms. The smallest absolute Gasteiger partial charge is 0.244 e. The summed E-state index contributed by atoms with van der Waals surface area (Å²) in [5, 5.41) is 3.42. The molecule has 2 amide bonds. The Morgan fingerprint density at radius 2 is 1.74 bits per heavy atom. The van der Waals surface area contributed by atoms with Crippen LogP contribution in [0.5, 0.6) is 0 Å². The summed E-state index contributed by atoms with van der Waals surface area (Å²) in [4.78, 5) is 27.7. The van der Waals surface area contributed by atoms with Gasteiger partial charge in [-0.05, 0) is 62.1 Å². The third-order valence-corrected chi connectivity index (χ3v) is 7.17. The fourth-order valence-corrected chi connectivity index (χ4v) is 4.53. The van der Waals surface area contributed by atoms with Gasteiger partial charge in [0.1, 0.15) is 12.6 Å². The monoisotopic (exact) mass is 507 g/mol. The Morgan fingerprint density at radius 1 is 1.09 bits per heavy atom. The zero-order valence-corrected chi connectivity index (χ0v) is 22.0. The van der Waals surface area contributed by atoms with Gasteiger partial charge in [0, 0.05) is 18.1 Å². The fourth-order valence-electron chi connectivity index (χ4n) is 3.51. The number of hydrogen-bond acceptors (Lipinski definition) is 4. The second-order valence-corrected chi connectivity index (χ2v) is 10.8. The van der Waals surface area contributed by atoms with Crippen LogP contribution < -0.4 is 9.62 Å². The minimum absolute atomic E-state index is 0.142. The maximum atomic E-state index is 13.5. The molecule has 1 atom stereocenters. The van der Waals surface area contributed by atoms with Gasteiger partial charge in [0.25, 0.3) is 0 Å². The minimum atomic E-state index is -3.76. The molecule has 0 heterocycles. The van der Waals surface area contributed by atoms with E-state index in [1.165, 1.54) is 4.90 Å². The van der Waals surface area contributed by atoms with Crippen molar-refractivity contribution >= 4 is 39.1 Å². The maximum Gasteiger partial charge on any atom is 0.244 e. The predicted octanol–water partition coefficient (Wildman–Crippen LogP) is 4.06. The van der Waals surface area contributed by atoms with E-state index in [0.29, 0.717) is 17.3 Å². The average molecular weight is 508 g/mol. The van der Waals surface area contributed by atoms with E-state index in [9.17, 15) is 18.0 Å². The van der Waals surface area contributed by atoms with Crippen molar-refractivity contribution in [1.29, 1.82) is 0 Å². The Hall–Kier alpha value is -2.58. The first-order chi connectivity index (χ1) is 16.0. The highest BCUT2D eigenvalue weighted by Gasteiger charge is 2.30. The summed E-state index contributed by atoms with van der Waals surface area (Å²) in [6.45, 7) is 7.63. The van der Waals surface area contributed by atoms with Gasteiger partial charge in [0.05, 0.1) is 11.9 Å². The first-order valence-corrected chi connectivity index (χ1v) is 13.5. The third kappa shape index (κ3) is 7.46. The summed E-state index contributed by atoms with van der Waals surface area (Å²) >= 11 is 5.99. The van der Waals surface area contributed by atoms with E-state index in [1.807, 2.05) is 26.8 Å². The Kier molecular flexibility index (Phi) is 9.94. The zero-order chi connectivity index (χ0) is 25.5. The first-order valence-electron chi connectivity index (χ1n) is 11.3. The van der Waals surface area contributed by atoms with E-state index in [4.69, 9.17) is 11.6 Å². The Labute approximate surface area is 208 Å². The minimum Gasteiger partial charge on any atom is -0.354 e. The van der Waals surface area contributed by atoms with Gasteiger partial charge in [-0.3, -0.25) is 13.9 Å². The lowest BCUT2D eigenvalue weighted by Crippen LogP contribution is -2.51. The Bertz CT molecular complexity index is 1100. The van der Waals surface area contributed by atoms with Gasteiger partial charge in [0.15, 0.2) is 0 Å². The highest BCUT2D eigenvalue weighted by molar-refractivity contribution is 7.92. The number of rotatable bonds is 11. The molecule has 0 aliphatic heterocycles. The zero-order valence-electron chi connectivity index (χ0n) is 20.5. The van der Waals surface area contributed by atoms with Crippen LogP contribution >= 0.6 is 11.6 Å². The number of carbonyl (C=O) groups is 2. The number of anilines is 1. The number of hydrogen-bond donors (Lipinski definition) is 1. The van der Waals surface area contributed by atoms with Crippen molar-refractivity contribution in [3.63, 3.8) is 0 Å². The average Bonchev–Trinajstić information content (AvgIpc) is 2.78. The molecule has 0 saturated carbocycles. The van der Waals surface area contributed by atoms with Crippen molar-refractivity contribution in [2.24, 2.45) is 0 Å². The van der Waals surface area contributed by atoms with Gasteiger partial charge >= 0.3 is 0 Å². The highest BCUT2D eigenvalue weighted by Crippen LogP contribution is 2.25. The molecular formula is C25H34ClN3O4S. The van der Waals surface area contributed by atoms with Crippen LogP contribution in [0.15, 0.2) is 42.5 Å². The van der Waals surface area contributed by atoms with Crippen LogP contribution in [0, 0.1) is 13.8 Å². The van der Waals surface area contributed by atoms with Crippen LogP contribution in [0.25, 0.3) is 0 Å². The Morgan fingerprint density at radius 3 is 2.32 bits per heavy atom. The second-order valence-electron chi connectivity index (χ2n) is 8.46. The number of amides is 2. The van der Waals surface area contributed by atoms with Gasteiger partial charge in [0.2, 0.25) is 21.8 Å². The number of nitrogens with one attached hydrogen (secondary N) is 1. The van der Waals surface area contributed by atoms with Crippen molar-refractivity contribution in [2.75, 3.05) is 23.7 Å². The van der Waals surface area contributed by atoms with Crippen LogP contribution in [-0.4, -0.2) is 50.5 Å². The standard InChI is InChI=1S/C25H34ClN3O4S/c1-6-7-15-27-25(31)20(4)28(16-21-11-13-22(26)14-12-21)24(30)17-29(34(5,32)33)23-10-8-9-18(2)19(23)3/h8-14,20H,6-7,15-17H2,1-5H3,(H,27,31)/t20-/m0/s1. The number of benzene rings is 2. The largest absolute Gasteiger partial charge is 0.354 e. The molecule has 2 aromatic carbocycles. The summed E-state index contributed by atoms with van der Waals surface area (Å²) in [5.74, 6) is -0.757. The molecular weight excluding hydrogens is 474 g/mol. The molecule has 0 radical (unpaired) electrons. The normalized spacial score (nSPS) is 12.2. The molecule has 186 valence electrons. The number of nitrogens with zero attached hydrogens (tertiary/aromatic N) is 2. The molecule has 0 saturated heterocycles. The predicted molar refractivity (Wildman–Crippen MR) is 137 cm³/mol. The molecule has 0 bridgehead atoms. The van der Waals surface area contributed by atoms with E-state index >= 15 is 0 Å². The summed E-state index contributed by atoms with van der Waals surface area (Å²) < 4.78 is 26.5. The molecule has 2 aromatic rings. The summed E-state index contributed by atoms with van der Waals surface area (Å²) in [6, 6.07) is 11.5. The van der Waals surface area contributed by atoms with E-state index in [-0.39, 0.29) is 12.5 Å². The fraction of sp³-hybridized carbons (Fsp3) is 0.440.